The Balaban J connectivity index is 4.01. The van der Waals surface area contributed by atoms with Gasteiger partial charge in [-0.25, -0.2) is 9.59 Å². The molecule has 76 valence electrons. The number of rotatable bonds is 4. The van der Waals surface area contributed by atoms with E-state index in [4.69, 9.17) is 4.74 Å². The van der Waals surface area contributed by atoms with Crippen molar-refractivity contribution in [2.75, 3.05) is 19.4 Å². The Morgan fingerprint density at radius 2 is 2.15 bits per heavy atom. The molecule has 0 rings (SSSR count). The Kier molecular flexibility index (Phi) is 6.13. The largest absolute Gasteiger partial charge is 0.464 e. The first-order chi connectivity index (χ1) is 6.15. The Bertz CT molecular complexity index is 187. The monoisotopic (exact) mass is 206 g/mol. The average Bonchev–Trinajstić information content (AvgIpc) is 2.14. The van der Waals surface area contributed by atoms with Crippen LogP contribution in [-0.4, -0.2) is 37.4 Å². The van der Waals surface area contributed by atoms with E-state index in [9.17, 15) is 9.59 Å². The van der Waals surface area contributed by atoms with Gasteiger partial charge in [-0.2, -0.15) is 12.6 Å². The summed E-state index contributed by atoms with van der Waals surface area (Å²) in [6, 6.07) is -1.12. The summed E-state index contributed by atoms with van der Waals surface area (Å²) in [5.41, 5.74) is 0. The molecule has 0 fully saturated rings. The van der Waals surface area contributed by atoms with Crippen molar-refractivity contribution in [1.29, 1.82) is 0 Å². The SMILES string of the molecule is CCOC(=O)C(CS)NC(=O)NC. The molecule has 0 aliphatic rings. The number of nitrogens with one attached hydrogen (secondary N) is 2. The van der Waals surface area contributed by atoms with Crippen LogP contribution < -0.4 is 10.6 Å². The molecule has 0 heterocycles. The van der Waals surface area contributed by atoms with Gasteiger partial charge in [-0.15, -0.1) is 0 Å². The number of esters is 1. The first kappa shape index (κ1) is 12.1. The van der Waals surface area contributed by atoms with Crippen LogP contribution in [0.5, 0.6) is 0 Å². The van der Waals surface area contributed by atoms with Gasteiger partial charge in [0.05, 0.1) is 6.61 Å². The van der Waals surface area contributed by atoms with Crippen molar-refractivity contribution in [2.45, 2.75) is 13.0 Å². The van der Waals surface area contributed by atoms with Gasteiger partial charge in [0.2, 0.25) is 0 Å². The molecule has 2 amide bonds. The van der Waals surface area contributed by atoms with Crippen LogP contribution in [0.25, 0.3) is 0 Å². The van der Waals surface area contributed by atoms with Crippen molar-refractivity contribution in [3.63, 3.8) is 0 Å². The lowest BCUT2D eigenvalue weighted by atomic mass is 10.3. The molecule has 0 aromatic carbocycles. The number of hydrogen-bond acceptors (Lipinski definition) is 4. The van der Waals surface area contributed by atoms with Crippen LogP contribution in [0.3, 0.4) is 0 Å². The van der Waals surface area contributed by atoms with E-state index in [-0.39, 0.29) is 5.75 Å². The predicted molar refractivity (Wildman–Crippen MR) is 51.9 cm³/mol. The van der Waals surface area contributed by atoms with Crippen LogP contribution in [0.15, 0.2) is 0 Å². The molecule has 1 atom stereocenters. The molecule has 0 saturated heterocycles. The highest BCUT2D eigenvalue weighted by molar-refractivity contribution is 7.80. The van der Waals surface area contributed by atoms with Gasteiger partial charge in [0.1, 0.15) is 6.04 Å². The number of thiol groups is 1. The van der Waals surface area contributed by atoms with Gasteiger partial charge >= 0.3 is 12.0 Å². The molecular formula is C7H14N2O3S. The quantitative estimate of drug-likeness (QED) is 0.440. The molecular weight excluding hydrogens is 192 g/mol. The fraction of sp³-hybridized carbons (Fsp3) is 0.714. The summed E-state index contributed by atoms with van der Waals surface area (Å²) in [5, 5.41) is 4.73. The van der Waals surface area contributed by atoms with Crippen molar-refractivity contribution < 1.29 is 14.3 Å². The molecule has 0 aliphatic carbocycles. The minimum Gasteiger partial charge on any atom is -0.464 e. The molecule has 0 saturated carbocycles. The van der Waals surface area contributed by atoms with Crippen molar-refractivity contribution in [3.8, 4) is 0 Å². The molecule has 1 unspecified atom stereocenters. The zero-order valence-corrected chi connectivity index (χ0v) is 8.56. The van der Waals surface area contributed by atoms with Gasteiger partial charge in [-0.3, -0.25) is 0 Å². The summed E-state index contributed by atoms with van der Waals surface area (Å²) in [5.74, 6) is -0.257. The maximum atomic E-state index is 11.1. The first-order valence-corrected chi connectivity index (χ1v) is 4.54. The minimum atomic E-state index is -0.691. The molecule has 5 nitrogen and oxygen atoms in total. The van der Waals surface area contributed by atoms with Crippen LogP contribution in [-0.2, 0) is 9.53 Å². The van der Waals surface area contributed by atoms with Crippen LogP contribution >= 0.6 is 12.6 Å². The molecule has 0 aliphatic heterocycles. The summed E-state index contributed by atoms with van der Waals surface area (Å²) in [6.45, 7) is 1.99. The molecule has 0 aromatic rings. The third kappa shape index (κ3) is 4.62. The fourth-order valence-corrected chi connectivity index (χ4v) is 0.893. The lowest BCUT2D eigenvalue weighted by Gasteiger charge is -2.14. The van der Waals surface area contributed by atoms with E-state index in [1.165, 1.54) is 7.05 Å². The van der Waals surface area contributed by atoms with Crippen LogP contribution in [0, 0.1) is 0 Å². The smallest absolute Gasteiger partial charge is 0.329 e. The molecule has 0 radical (unpaired) electrons. The van der Waals surface area contributed by atoms with Gasteiger partial charge in [0, 0.05) is 12.8 Å². The summed E-state index contributed by atoms with van der Waals surface area (Å²) in [7, 11) is 1.47. The summed E-state index contributed by atoms with van der Waals surface area (Å²) in [4.78, 5) is 21.9. The first-order valence-electron chi connectivity index (χ1n) is 3.91. The second-order valence-electron chi connectivity index (χ2n) is 2.21. The highest BCUT2D eigenvalue weighted by Crippen LogP contribution is 1.92. The number of carbonyl (C=O) groups is 2. The van der Waals surface area contributed by atoms with E-state index >= 15 is 0 Å². The van der Waals surface area contributed by atoms with E-state index in [2.05, 4.69) is 23.3 Å². The van der Waals surface area contributed by atoms with E-state index in [0.717, 1.165) is 0 Å². The fourth-order valence-electron chi connectivity index (χ4n) is 0.652. The van der Waals surface area contributed by atoms with Gasteiger partial charge in [0.25, 0.3) is 0 Å². The number of ether oxygens (including phenoxy) is 1. The lowest BCUT2D eigenvalue weighted by Crippen LogP contribution is -2.46. The Morgan fingerprint density at radius 1 is 1.54 bits per heavy atom. The number of hydrogen-bond donors (Lipinski definition) is 3. The average molecular weight is 206 g/mol. The second-order valence-corrected chi connectivity index (χ2v) is 2.58. The number of amides is 2. The summed E-state index contributed by atoms with van der Waals surface area (Å²) >= 11 is 3.92. The zero-order chi connectivity index (χ0) is 10.3. The van der Waals surface area contributed by atoms with Gasteiger partial charge < -0.3 is 15.4 Å². The second kappa shape index (κ2) is 6.59. The maximum absolute atomic E-state index is 11.1. The van der Waals surface area contributed by atoms with Crippen LogP contribution in [0.2, 0.25) is 0 Å². The number of urea groups is 1. The third-order valence-corrected chi connectivity index (χ3v) is 1.65. The Morgan fingerprint density at radius 3 is 2.54 bits per heavy atom. The molecule has 0 bridgehead atoms. The van der Waals surface area contributed by atoms with Crippen LogP contribution in [0.4, 0.5) is 4.79 Å². The maximum Gasteiger partial charge on any atom is 0.329 e. The third-order valence-electron chi connectivity index (χ3n) is 1.29. The van der Waals surface area contributed by atoms with E-state index in [1.54, 1.807) is 6.92 Å². The topological polar surface area (TPSA) is 67.4 Å². The Hall–Kier alpha value is -0.910. The lowest BCUT2D eigenvalue weighted by molar-refractivity contribution is -0.144. The van der Waals surface area contributed by atoms with E-state index < -0.39 is 18.0 Å². The molecule has 6 heteroatoms. The number of carbonyl (C=O) groups excluding carboxylic acids is 2. The Labute approximate surface area is 82.6 Å². The van der Waals surface area contributed by atoms with Crippen LogP contribution in [0.1, 0.15) is 6.92 Å². The standard InChI is InChI=1S/C7H14N2O3S/c1-3-12-6(10)5(4-13)9-7(11)8-2/h5,13H,3-4H2,1-2H3,(H2,8,9,11). The van der Waals surface area contributed by atoms with Gasteiger partial charge in [0.15, 0.2) is 0 Å². The highest BCUT2D eigenvalue weighted by Gasteiger charge is 2.19. The molecule has 13 heavy (non-hydrogen) atoms. The molecule has 0 aromatic heterocycles. The minimum absolute atomic E-state index is 0.215. The van der Waals surface area contributed by atoms with Crippen molar-refractivity contribution in [3.05, 3.63) is 0 Å². The predicted octanol–water partition coefficient (Wildman–Crippen LogP) is -0.223. The summed E-state index contributed by atoms with van der Waals surface area (Å²) < 4.78 is 4.71. The van der Waals surface area contributed by atoms with Crippen molar-refractivity contribution in [1.82, 2.24) is 10.6 Å². The molecule has 0 spiro atoms. The zero-order valence-electron chi connectivity index (χ0n) is 7.66. The van der Waals surface area contributed by atoms with E-state index in [1.807, 2.05) is 0 Å². The summed E-state index contributed by atoms with van der Waals surface area (Å²) in [6.07, 6.45) is 0. The van der Waals surface area contributed by atoms with Gasteiger partial charge in [-0.1, -0.05) is 0 Å². The van der Waals surface area contributed by atoms with Gasteiger partial charge in [-0.05, 0) is 6.92 Å². The normalized spacial score (nSPS) is 11.6. The molecule has 2 N–H and O–H groups in total. The van der Waals surface area contributed by atoms with Crippen molar-refractivity contribution >= 4 is 24.6 Å². The van der Waals surface area contributed by atoms with E-state index in [0.29, 0.717) is 6.61 Å². The highest BCUT2D eigenvalue weighted by atomic mass is 32.1. The van der Waals surface area contributed by atoms with Crippen molar-refractivity contribution in [2.24, 2.45) is 0 Å².